The molecule has 6 heteroatoms. The Labute approximate surface area is 304 Å². The number of nitrogens with zero attached hydrogens (tertiary/aromatic N) is 3. The lowest BCUT2D eigenvalue weighted by Crippen LogP contribution is -2.35. The van der Waals surface area contributed by atoms with Crippen LogP contribution < -0.4 is 0 Å². The molecule has 0 atom stereocenters. The van der Waals surface area contributed by atoms with Crippen molar-refractivity contribution in [3.05, 3.63) is 92.4 Å². The molecule has 0 aromatic heterocycles. The number of aromatic hydroxyl groups is 3. The van der Waals surface area contributed by atoms with E-state index in [4.69, 9.17) is 0 Å². The van der Waals surface area contributed by atoms with Crippen LogP contribution in [0.5, 0.6) is 17.2 Å². The summed E-state index contributed by atoms with van der Waals surface area (Å²) >= 11 is 0. The first kappa shape index (κ1) is 39.6. The van der Waals surface area contributed by atoms with E-state index in [1.54, 1.807) is 0 Å². The van der Waals surface area contributed by atoms with Crippen molar-refractivity contribution in [1.82, 2.24) is 14.7 Å². The number of hydrogen-bond donors (Lipinski definition) is 3. The molecule has 50 heavy (non-hydrogen) atoms. The van der Waals surface area contributed by atoms with Crippen LogP contribution in [-0.4, -0.2) is 69.3 Å². The van der Waals surface area contributed by atoms with Gasteiger partial charge in [-0.05, 0) is 61.6 Å². The van der Waals surface area contributed by atoms with Crippen LogP contribution in [0.2, 0.25) is 0 Å². The van der Waals surface area contributed by atoms with Gasteiger partial charge in [-0.25, -0.2) is 0 Å². The van der Waals surface area contributed by atoms with E-state index in [-0.39, 0.29) is 10.8 Å². The van der Waals surface area contributed by atoms with E-state index in [9.17, 15) is 15.3 Å². The van der Waals surface area contributed by atoms with E-state index >= 15 is 0 Å². The van der Waals surface area contributed by atoms with Crippen LogP contribution >= 0.6 is 0 Å². The Bertz CT molecular complexity index is 1510. The molecule has 1 heterocycles. The Morgan fingerprint density at radius 2 is 0.740 bits per heavy atom. The molecule has 1 aliphatic heterocycles. The van der Waals surface area contributed by atoms with Crippen molar-refractivity contribution in [3.8, 4) is 17.2 Å². The largest absolute Gasteiger partial charge is 0.507 e. The van der Waals surface area contributed by atoms with E-state index in [0.29, 0.717) is 36.9 Å². The molecule has 1 aliphatic rings. The number of benzene rings is 3. The zero-order valence-electron chi connectivity index (χ0n) is 33.1. The van der Waals surface area contributed by atoms with Crippen molar-refractivity contribution in [2.75, 3.05) is 39.3 Å². The van der Waals surface area contributed by atoms with Gasteiger partial charge in [0.1, 0.15) is 23.7 Å². The third kappa shape index (κ3) is 11.7. The highest BCUT2D eigenvalue weighted by Gasteiger charge is 2.24. The van der Waals surface area contributed by atoms with Crippen molar-refractivity contribution < 1.29 is 15.3 Å². The van der Waals surface area contributed by atoms with Gasteiger partial charge in [-0.15, -0.1) is 0 Å². The zero-order chi connectivity index (χ0) is 37.0. The number of phenols is 3. The number of rotatable bonds is 10. The van der Waals surface area contributed by atoms with Gasteiger partial charge in [0.2, 0.25) is 0 Å². The van der Waals surface area contributed by atoms with Gasteiger partial charge in [-0.1, -0.05) is 88.6 Å². The van der Waals surface area contributed by atoms with Crippen molar-refractivity contribution in [3.63, 3.8) is 0 Å². The molecule has 0 spiro atoms. The van der Waals surface area contributed by atoms with E-state index < -0.39 is 0 Å². The van der Waals surface area contributed by atoms with Crippen molar-refractivity contribution >= 4 is 0 Å². The Hall–Kier alpha value is -3.19. The second kappa shape index (κ2) is 16.4. The summed E-state index contributed by atoms with van der Waals surface area (Å²) in [5, 5.41) is 34.3. The fraction of sp³-hybridized carbons (Fsp3) is 0.568. The first-order valence-corrected chi connectivity index (χ1v) is 18.7. The second-order valence-electron chi connectivity index (χ2n) is 18.0. The van der Waals surface area contributed by atoms with Gasteiger partial charge in [-0.3, -0.25) is 14.7 Å². The maximum atomic E-state index is 11.5. The molecule has 0 radical (unpaired) electrons. The summed E-state index contributed by atoms with van der Waals surface area (Å²) in [6.45, 7) is 31.0. The molecule has 0 amide bonds. The summed E-state index contributed by atoms with van der Waals surface area (Å²) < 4.78 is 0. The van der Waals surface area contributed by atoms with Gasteiger partial charge in [0.15, 0.2) is 0 Å². The highest BCUT2D eigenvalue weighted by Crippen LogP contribution is 2.34. The van der Waals surface area contributed by atoms with E-state index in [1.807, 2.05) is 0 Å². The Morgan fingerprint density at radius 1 is 0.480 bits per heavy atom. The minimum atomic E-state index is 0.0746. The SMILES string of the molecule is Cc1cc(C[C+](C)C)c(O)c(CN2CCN(Cc3cc(C)cc(CC(C)(C)C)c3O)CCN(Cc3cc(C)cc(CC(C)(C)C)c3O)CC2)c1. The van der Waals surface area contributed by atoms with E-state index in [2.05, 4.69) is 127 Å². The third-order valence-electron chi connectivity index (χ3n) is 9.60. The van der Waals surface area contributed by atoms with E-state index in [1.165, 1.54) is 22.6 Å². The maximum Gasteiger partial charge on any atom is 0.127 e. The van der Waals surface area contributed by atoms with Gasteiger partial charge in [0, 0.05) is 81.2 Å². The summed E-state index contributed by atoms with van der Waals surface area (Å²) in [6.07, 6.45) is 2.42. The lowest BCUT2D eigenvalue weighted by atomic mass is 9.86. The molecule has 3 aromatic rings. The minimum absolute atomic E-state index is 0.0746. The van der Waals surface area contributed by atoms with Gasteiger partial charge in [0.25, 0.3) is 0 Å². The molecule has 4 rings (SSSR count). The predicted octanol–water partition coefficient (Wildman–Crippen LogP) is 8.88. The number of phenolic OH excluding ortho intramolecular Hbond substituents is 3. The molecule has 6 nitrogen and oxygen atoms in total. The lowest BCUT2D eigenvalue weighted by Gasteiger charge is -2.28. The topological polar surface area (TPSA) is 70.4 Å². The maximum absolute atomic E-state index is 11.5. The summed E-state index contributed by atoms with van der Waals surface area (Å²) in [4.78, 5) is 7.41. The molecule has 274 valence electrons. The van der Waals surface area contributed by atoms with Crippen LogP contribution in [0.1, 0.15) is 105 Å². The lowest BCUT2D eigenvalue weighted by molar-refractivity contribution is 0.206. The van der Waals surface area contributed by atoms with Crippen LogP contribution in [0, 0.1) is 37.5 Å². The minimum Gasteiger partial charge on any atom is -0.507 e. The van der Waals surface area contributed by atoms with Gasteiger partial charge < -0.3 is 15.3 Å². The summed E-state index contributed by atoms with van der Waals surface area (Å²) in [5.74, 6) is 2.55. The Balaban J connectivity index is 1.65. The third-order valence-corrected chi connectivity index (χ3v) is 9.60. The van der Waals surface area contributed by atoms with Crippen LogP contribution in [-0.2, 0) is 38.9 Å². The highest BCUT2D eigenvalue weighted by molar-refractivity contribution is 5.46. The Morgan fingerprint density at radius 3 is 1.02 bits per heavy atom. The van der Waals surface area contributed by atoms with Crippen LogP contribution in [0.3, 0.4) is 0 Å². The molecule has 0 unspecified atom stereocenters. The predicted molar refractivity (Wildman–Crippen MR) is 209 cm³/mol. The number of aryl methyl sites for hydroxylation is 3. The van der Waals surface area contributed by atoms with Crippen molar-refractivity contribution in [2.24, 2.45) is 10.8 Å². The quantitative estimate of drug-likeness (QED) is 0.185. The summed E-state index contributed by atoms with van der Waals surface area (Å²) in [5.41, 5.74) is 9.65. The Kier molecular flexibility index (Phi) is 13.0. The molecular formula is C44H66N3O3+. The molecule has 3 aromatic carbocycles. The molecule has 1 fully saturated rings. The number of hydrogen-bond acceptors (Lipinski definition) is 6. The smallest absolute Gasteiger partial charge is 0.127 e. The molecule has 0 aliphatic carbocycles. The first-order chi connectivity index (χ1) is 23.3. The van der Waals surface area contributed by atoms with Gasteiger partial charge >= 0.3 is 0 Å². The fourth-order valence-corrected chi connectivity index (χ4v) is 7.47. The summed E-state index contributed by atoms with van der Waals surface area (Å²) in [6, 6.07) is 12.8. The van der Waals surface area contributed by atoms with Crippen molar-refractivity contribution in [1.29, 1.82) is 0 Å². The van der Waals surface area contributed by atoms with Crippen LogP contribution in [0.4, 0.5) is 0 Å². The van der Waals surface area contributed by atoms with Gasteiger partial charge in [0.05, 0.1) is 19.8 Å². The van der Waals surface area contributed by atoms with Crippen LogP contribution in [0.15, 0.2) is 36.4 Å². The summed E-state index contributed by atoms with van der Waals surface area (Å²) in [7, 11) is 0. The molecule has 0 saturated carbocycles. The monoisotopic (exact) mass is 685 g/mol. The zero-order valence-corrected chi connectivity index (χ0v) is 33.1. The average molecular weight is 685 g/mol. The fourth-order valence-electron chi connectivity index (χ4n) is 7.47. The van der Waals surface area contributed by atoms with E-state index in [0.717, 1.165) is 91.9 Å². The van der Waals surface area contributed by atoms with Crippen LogP contribution in [0.25, 0.3) is 0 Å². The highest BCUT2D eigenvalue weighted by atomic mass is 16.3. The molecular weight excluding hydrogens is 619 g/mol. The first-order valence-electron chi connectivity index (χ1n) is 18.7. The standard InChI is InChI=1S/C44H65N3O3/c1-30(2)18-34-19-31(3)22-37(40(34)48)27-45-12-14-46(28-38-23-32(4)20-35(41(38)49)25-43(6,7)8)16-17-47(15-13-45)29-39-24-33(5)21-36(42(39)50)26-44(9,10)11/h19-24H,12-18,25-29H2,1-11H3,(H2-,48,49,50)/p+1. The molecule has 1 saturated heterocycles. The molecule has 3 N–H and O–H groups in total. The normalized spacial score (nSPS) is 15.9. The average Bonchev–Trinajstić information content (AvgIpc) is 3.05. The van der Waals surface area contributed by atoms with Gasteiger partial charge in [-0.2, -0.15) is 0 Å². The van der Waals surface area contributed by atoms with Crippen molar-refractivity contribution in [2.45, 2.75) is 115 Å². The second-order valence-corrected chi connectivity index (χ2v) is 18.0. The molecule has 0 bridgehead atoms.